The number of rotatable bonds is 4. The average molecular weight is 266 g/mol. The molecule has 2 rings (SSSR count). The van der Waals surface area contributed by atoms with Crippen LogP contribution in [0.15, 0.2) is 0 Å². The van der Waals surface area contributed by atoms with Crippen molar-refractivity contribution in [1.82, 2.24) is 4.90 Å². The van der Waals surface area contributed by atoms with Gasteiger partial charge in [0.05, 0.1) is 0 Å². The van der Waals surface area contributed by atoms with E-state index in [-0.39, 0.29) is 5.54 Å². The third-order valence-electron chi connectivity index (χ3n) is 4.92. The van der Waals surface area contributed by atoms with E-state index < -0.39 is 0 Å². The maximum absolute atomic E-state index is 12.6. The minimum Gasteiger partial charge on any atom is -0.340 e. The first kappa shape index (κ1) is 14.8. The number of hydrogen-bond donors (Lipinski definition) is 1. The lowest BCUT2D eigenvalue weighted by atomic mass is 9.79. The molecular weight excluding hydrogens is 236 g/mol. The van der Waals surface area contributed by atoms with E-state index in [1.807, 2.05) is 0 Å². The van der Waals surface area contributed by atoms with Crippen LogP contribution in [0.3, 0.4) is 0 Å². The summed E-state index contributed by atoms with van der Waals surface area (Å²) in [5.41, 5.74) is 6.23. The number of piperidine rings is 1. The first-order chi connectivity index (χ1) is 9.14. The highest BCUT2D eigenvalue weighted by Gasteiger charge is 2.34. The molecule has 1 saturated carbocycles. The largest absolute Gasteiger partial charge is 0.340 e. The summed E-state index contributed by atoms with van der Waals surface area (Å²) in [5, 5.41) is 0. The molecule has 1 saturated heterocycles. The Balaban J connectivity index is 1.93. The molecule has 0 bridgehead atoms. The van der Waals surface area contributed by atoms with Gasteiger partial charge in [-0.25, -0.2) is 0 Å². The Morgan fingerprint density at radius 1 is 1.21 bits per heavy atom. The van der Waals surface area contributed by atoms with Crippen molar-refractivity contribution in [2.24, 2.45) is 5.73 Å². The molecule has 2 N–H and O–H groups in total. The number of carbonyl (C=O) groups excluding carboxylic acids is 1. The van der Waals surface area contributed by atoms with Crippen molar-refractivity contribution in [3.8, 4) is 0 Å². The van der Waals surface area contributed by atoms with Crippen molar-refractivity contribution < 1.29 is 4.79 Å². The standard InChI is InChI=1S/C16H30N2O/c1-2-8-14-9-4-7-12-18(14)15(19)13-16(17)10-5-3-6-11-16/h14H,2-13,17H2,1H3. The van der Waals surface area contributed by atoms with Crippen LogP contribution in [0.4, 0.5) is 0 Å². The van der Waals surface area contributed by atoms with Gasteiger partial charge in [0, 0.05) is 24.5 Å². The zero-order valence-corrected chi connectivity index (χ0v) is 12.5. The van der Waals surface area contributed by atoms with Gasteiger partial charge in [0.2, 0.25) is 5.91 Å². The van der Waals surface area contributed by atoms with E-state index in [0.29, 0.717) is 18.4 Å². The van der Waals surface area contributed by atoms with Crippen LogP contribution < -0.4 is 5.73 Å². The predicted octanol–water partition coefficient (Wildman–Crippen LogP) is 3.22. The lowest BCUT2D eigenvalue weighted by molar-refractivity contribution is -0.136. The monoisotopic (exact) mass is 266 g/mol. The van der Waals surface area contributed by atoms with E-state index in [0.717, 1.165) is 25.8 Å². The molecule has 1 heterocycles. The molecule has 110 valence electrons. The SMILES string of the molecule is CCCC1CCCCN1C(=O)CC1(N)CCCCC1. The fourth-order valence-electron chi connectivity index (χ4n) is 3.80. The second-order valence-corrected chi connectivity index (χ2v) is 6.63. The molecule has 0 spiro atoms. The number of nitrogens with zero attached hydrogens (tertiary/aromatic N) is 1. The highest BCUT2D eigenvalue weighted by atomic mass is 16.2. The molecular formula is C16H30N2O. The summed E-state index contributed by atoms with van der Waals surface area (Å²) < 4.78 is 0. The molecule has 1 amide bonds. The van der Waals surface area contributed by atoms with Crippen LogP contribution in [0.5, 0.6) is 0 Å². The highest BCUT2D eigenvalue weighted by molar-refractivity contribution is 5.78. The quantitative estimate of drug-likeness (QED) is 0.849. The molecule has 1 unspecified atom stereocenters. The van der Waals surface area contributed by atoms with Crippen molar-refractivity contribution in [3.05, 3.63) is 0 Å². The number of nitrogens with two attached hydrogens (primary N) is 1. The van der Waals surface area contributed by atoms with Crippen LogP contribution in [0.25, 0.3) is 0 Å². The van der Waals surface area contributed by atoms with E-state index >= 15 is 0 Å². The van der Waals surface area contributed by atoms with Gasteiger partial charge in [0.15, 0.2) is 0 Å². The summed E-state index contributed by atoms with van der Waals surface area (Å²) in [6.45, 7) is 3.17. The van der Waals surface area contributed by atoms with Gasteiger partial charge >= 0.3 is 0 Å². The Morgan fingerprint density at radius 2 is 1.95 bits per heavy atom. The Morgan fingerprint density at radius 3 is 2.63 bits per heavy atom. The van der Waals surface area contributed by atoms with Crippen LogP contribution in [-0.4, -0.2) is 28.9 Å². The smallest absolute Gasteiger partial charge is 0.224 e. The normalized spacial score (nSPS) is 27.3. The Labute approximate surface area is 117 Å². The fourth-order valence-corrected chi connectivity index (χ4v) is 3.80. The third kappa shape index (κ3) is 3.95. The van der Waals surface area contributed by atoms with Crippen LogP contribution in [-0.2, 0) is 4.79 Å². The van der Waals surface area contributed by atoms with Gasteiger partial charge in [0.25, 0.3) is 0 Å². The summed E-state index contributed by atoms with van der Waals surface area (Å²) in [7, 11) is 0. The minimum absolute atomic E-state index is 0.205. The maximum atomic E-state index is 12.6. The molecule has 3 heteroatoms. The van der Waals surface area contributed by atoms with Gasteiger partial charge in [-0.05, 0) is 38.5 Å². The van der Waals surface area contributed by atoms with E-state index in [1.165, 1.54) is 44.9 Å². The van der Waals surface area contributed by atoms with Crippen LogP contribution in [0, 0.1) is 0 Å². The first-order valence-electron chi connectivity index (χ1n) is 8.23. The first-order valence-corrected chi connectivity index (χ1v) is 8.23. The Hall–Kier alpha value is -0.570. The second-order valence-electron chi connectivity index (χ2n) is 6.63. The van der Waals surface area contributed by atoms with Crippen molar-refractivity contribution in [3.63, 3.8) is 0 Å². The number of likely N-dealkylation sites (tertiary alicyclic amines) is 1. The number of hydrogen-bond acceptors (Lipinski definition) is 2. The minimum atomic E-state index is -0.205. The average Bonchev–Trinajstić information content (AvgIpc) is 2.40. The van der Waals surface area contributed by atoms with Crippen molar-refractivity contribution in [2.45, 2.75) is 89.1 Å². The van der Waals surface area contributed by atoms with E-state index in [2.05, 4.69) is 11.8 Å². The van der Waals surface area contributed by atoms with E-state index in [4.69, 9.17) is 5.73 Å². The van der Waals surface area contributed by atoms with E-state index in [1.54, 1.807) is 0 Å². The molecule has 1 aliphatic carbocycles. The summed E-state index contributed by atoms with van der Waals surface area (Å²) in [6.07, 6.45) is 12.3. The molecule has 2 fully saturated rings. The lowest BCUT2D eigenvalue weighted by Crippen LogP contribution is -2.50. The van der Waals surface area contributed by atoms with Gasteiger partial charge in [-0.2, -0.15) is 0 Å². The van der Waals surface area contributed by atoms with Gasteiger partial charge in [0.1, 0.15) is 0 Å². The van der Waals surface area contributed by atoms with Gasteiger partial charge in [-0.15, -0.1) is 0 Å². The Kier molecular flexibility index (Phi) is 5.26. The van der Waals surface area contributed by atoms with Crippen molar-refractivity contribution in [1.29, 1.82) is 0 Å². The number of amides is 1. The van der Waals surface area contributed by atoms with Gasteiger partial charge in [-0.3, -0.25) is 4.79 Å². The molecule has 3 nitrogen and oxygen atoms in total. The van der Waals surface area contributed by atoms with Crippen LogP contribution in [0.2, 0.25) is 0 Å². The van der Waals surface area contributed by atoms with Crippen molar-refractivity contribution in [2.75, 3.05) is 6.54 Å². The summed E-state index contributed by atoms with van der Waals surface area (Å²) in [4.78, 5) is 14.8. The molecule has 2 aliphatic rings. The molecule has 19 heavy (non-hydrogen) atoms. The predicted molar refractivity (Wildman–Crippen MR) is 78.9 cm³/mol. The maximum Gasteiger partial charge on any atom is 0.224 e. The summed E-state index contributed by atoms with van der Waals surface area (Å²) in [5.74, 6) is 0.322. The zero-order valence-electron chi connectivity index (χ0n) is 12.5. The molecule has 0 aromatic rings. The van der Waals surface area contributed by atoms with Crippen LogP contribution >= 0.6 is 0 Å². The van der Waals surface area contributed by atoms with Crippen molar-refractivity contribution >= 4 is 5.91 Å². The molecule has 0 aromatic heterocycles. The second kappa shape index (κ2) is 6.74. The Bertz CT molecular complexity index is 295. The lowest BCUT2D eigenvalue weighted by Gasteiger charge is -2.39. The van der Waals surface area contributed by atoms with E-state index in [9.17, 15) is 4.79 Å². The molecule has 0 aromatic carbocycles. The zero-order chi connectivity index (χ0) is 13.7. The summed E-state index contributed by atoms with van der Waals surface area (Å²) >= 11 is 0. The van der Waals surface area contributed by atoms with Gasteiger partial charge < -0.3 is 10.6 Å². The van der Waals surface area contributed by atoms with Crippen LogP contribution in [0.1, 0.15) is 77.6 Å². The number of carbonyl (C=O) groups is 1. The molecule has 0 radical (unpaired) electrons. The topological polar surface area (TPSA) is 46.3 Å². The van der Waals surface area contributed by atoms with Gasteiger partial charge in [-0.1, -0.05) is 32.6 Å². The third-order valence-corrected chi connectivity index (χ3v) is 4.92. The molecule has 1 aliphatic heterocycles. The summed E-state index contributed by atoms with van der Waals surface area (Å²) in [6, 6.07) is 0.485. The molecule has 1 atom stereocenters. The highest BCUT2D eigenvalue weighted by Crippen LogP contribution is 2.30. The fraction of sp³-hybridized carbons (Fsp3) is 0.938.